The molecule has 0 spiro atoms. The summed E-state index contributed by atoms with van der Waals surface area (Å²) < 4.78 is 26.6. The Kier molecular flexibility index (Phi) is 7.40. The maximum absolute atomic E-state index is 13.6. The van der Waals surface area contributed by atoms with Crippen LogP contribution in [0.3, 0.4) is 0 Å². The van der Waals surface area contributed by atoms with Crippen molar-refractivity contribution in [3.05, 3.63) is 93.2 Å². The van der Waals surface area contributed by atoms with Crippen molar-refractivity contribution in [2.45, 2.75) is 43.8 Å². The van der Waals surface area contributed by atoms with E-state index >= 15 is 0 Å². The molecule has 5 rings (SSSR count). The second-order valence-electron chi connectivity index (χ2n) is 9.73. The predicted octanol–water partition coefficient (Wildman–Crippen LogP) is 5.90. The molecule has 6 nitrogen and oxygen atoms in total. The molecular formula is C28H25Cl2F2N3O3. The van der Waals surface area contributed by atoms with Crippen molar-refractivity contribution in [3.8, 4) is 0 Å². The summed E-state index contributed by atoms with van der Waals surface area (Å²) in [6.07, 6.45) is 0.819. The number of halogens is 4. The molecule has 1 aromatic heterocycles. The summed E-state index contributed by atoms with van der Waals surface area (Å²) >= 11 is 12.1. The fourth-order valence-electron chi connectivity index (χ4n) is 5.41. The molecule has 1 aliphatic carbocycles. The highest BCUT2D eigenvalue weighted by molar-refractivity contribution is 6.31. The maximum Gasteiger partial charge on any atom is 0.281 e. The number of aliphatic hydroxyl groups is 1. The molecule has 3 aromatic rings. The Balaban J connectivity index is 1.28. The van der Waals surface area contributed by atoms with Crippen LogP contribution in [0.25, 0.3) is 0 Å². The van der Waals surface area contributed by atoms with Gasteiger partial charge in [0.2, 0.25) is 0 Å². The number of benzene rings is 2. The third-order valence-corrected chi connectivity index (χ3v) is 7.79. The lowest BCUT2D eigenvalue weighted by molar-refractivity contribution is -0.132. The quantitative estimate of drug-likeness (QED) is 0.394. The van der Waals surface area contributed by atoms with Gasteiger partial charge in [-0.1, -0.05) is 59.6 Å². The van der Waals surface area contributed by atoms with Crippen LogP contribution in [0.15, 0.2) is 60.8 Å². The van der Waals surface area contributed by atoms with Crippen LogP contribution >= 0.6 is 23.2 Å². The van der Waals surface area contributed by atoms with Crippen molar-refractivity contribution in [2.24, 2.45) is 5.92 Å². The van der Waals surface area contributed by atoms with Crippen LogP contribution in [0.2, 0.25) is 10.0 Å². The molecule has 0 radical (unpaired) electrons. The highest BCUT2D eigenvalue weighted by atomic mass is 35.5. The number of nitrogens with one attached hydrogen (secondary N) is 1. The maximum atomic E-state index is 13.6. The Bertz CT molecular complexity index is 1370. The molecule has 1 fully saturated rings. The first-order valence-corrected chi connectivity index (χ1v) is 13.1. The first-order valence-electron chi connectivity index (χ1n) is 12.3. The van der Waals surface area contributed by atoms with E-state index in [1.165, 1.54) is 6.07 Å². The van der Waals surface area contributed by atoms with E-state index < -0.39 is 29.5 Å². The van der Waals surface area contributed by atoms with Crippen LogP contribution in [0.4, 0.5) is 14.5 Å². The van der Waals surface area contributed by atoms with E-state index in [1.807, 2.05) is 6.07 Å². The van der Waals surface area contributed by atoms with Crippen molar-refractivity contribution < 1.29 is 23.5 Å². The van der Waals surface area contributed by atoms with Gasteiger partial charge in [-0.15, -0.1) is 0 Å². The average Bonchev–Trinajstić information content (AvgIpc) is 3.12. The normalized spacial score (nSPS) is 23.0. The van der Waals surface area contributed by atoms with Crippen LogP contribution in [-0.2, 0) is 10.4 Å². The highest BCUT2D eigenvalue weighted by Gasteiger charge is 2.51. The van der Waals surface area contributed by atoms with Gasteiger partial charge in [-0.05, 0) is 55.4 Å². The number of fused-ring (bicyclic) bond motifs is 1. The predicted molar refractivity (Wildman–Crippen MR) is 141 cm³/mol. The van der Waals surface area contributed by atoms with Gasteiger partial charge in [-0.3, -0.25) is 14.6 Å². The number of carbonyl (C=O) groups excluding carboxylic acids is 2. The largest absolute Gasteiger partial charge is 0.372 e. The van der Waals surface area contributed by atoms with Crippen LogP contribution in [0, 0.1) is 5.92 Å². The monoisotopic (exact) mass is 559 g/mol. The SMILES string of the molecule is O=C(N[C@H]1CC[C@H](CN2C(=O)C(O)(c3ccccc3)c3ccc(Cl)cc32)CC1)c1cc(Cl)cnc1C(F)F. The number of anilines is 1. The van der Waals surface area contributed by atoms with Gasteiger partial charge in [0.05, 0.1) is 16.3 Å². The lowest BCUT2D eigenvalue weighted by Gasteiger charge is -2.32. The van der Waals surface area contributed by atoms with E-state index in [1.54, 1.807) is 47.4 Å². The van der Waals surface area contributed by atoms with Crippen LogP contribution in [-0.4, -0.2) is 34.5 Å². The van der Waals surface area contributed by atoms with E-state index in [-0.39, 0.29) is 22.5 Å². The second kappa shape index (κ2) is 10.6. The summed E-state index contributed by atoms with van der Waals surface area (Å²) in [5.41, 5.74) is -1.08. The standard InChI is InChI=1S/C28H25Cl2F2N3O3/c29-18-8-11-22-23(13-18)35(27(37)28(22,38)17-4-2-1-3-5-17)15-16-6-9-20(10-7-16)34-26(36)21-12-19(30)14-33-24(21)25(31)32/h1-5,8,11-14,16,20,25,38H,6-7,9-10,15H2,(H,34,36)/t16-,20-,28?. The van der Waals surface area contributed by atoms with Crippen LogP contribution in [0.5, 0.6) is 0 Å². The lowest BCUT2D eigenvalue weighted by atomic mass is 9.85. The minimum atomic E-state index is -2.90. The first-order chi connectivity index (χ1) is 18.2. The topological polar surface area (TPSA) is 82.5 Å². The summed E-state index contributed by atoms with van der Waals surface area (Å²) in [7, 11) is 0. The first kappa shape index (κ1) is 26.5. The second-order valence-corrected chi connectivity index (χ2v) is 10.6. The van der Waals surface area contributed by atoms with E-state index in [0.29, 0.717) is 54.1 Å². The molecule has 38 heavy (non-hydrogen) atoms. The molecule has 1 unspecified atom stereocenters. The van der Waals surface area contributed by atoms with E-state index in [0.717, 1.165) is 6.20 Å². The van der Waals surface area contributed by atoms with Crippen molar-refractivity contribution in [1.29, 1.82) is 0 Å². The zero-order chi connectivity index (χ0) is 27.0. The Labute approximate surface area is 228 Å². The van der Waals surface area contributed by atoms with Crippen molar-refractivity contribution >= 4 is 40.7 Å². The minimum Gasteiger partial charge on any atom is -0.372 e. The van der Waals surface area contributed by atoms with Crippen LogP contribution < -0.4 is 10.2 Å². The molecule has 1 aliphatic heterocycles. The van der Waals surface area contributed by atoms with Gasteiger partial charge in [-0.2, -0.15) is 0 Å². The summed E-state index contributed by atoms with van der Waals surface area (Å²) in [5.74, 6) is -0.948. The summed E-state index contributed by atoms with van der Waals surface area (Å²) in [6.45, 7) is 0.385. The molecule has 198 valence electrons. The van der Waals surface area contributed by atoms with Crippen molar-refractivity contribution in [1.82, 2.24) is 10.3 Å². The number of aromatic nitrogens is 1. The molecule has 2 aliphatic rings. The molecule has 0 bridgehead atoms. The van der Waals surface area contributed by atoms with E-state index in [4.69, 9.17) is 23.2 Å². The number of pyridine rings is 1. The molecule has 2 heterocycles. The molecule has 2 amide bonds. The highest BCUT2D eigenvalue weighted by Crippen LogP contribution is 2.46. The van der Waals surface area contributed by atoms with Crippen molar-refractivity contribution in [2.75, 3.05) is 11.4 Å². The number of hydrogen-bond acceptors (Lipinski definition) is 4. The Morgan fingerprint density at radius 1 is 1.08 bits per heavy atom. The van der Waals surface area contributed by atoms with E-state index in [9.17, 15) is 23.5 Å². The Morgan fingerprint density at radius 3 is 2.47 bits per heavy atom. The number of carbonyl (C=O) groups is 2. The van der Waals surface area contributed by atoms with E-state index in [2.05, 4.69) is 10.3 Å². The lowest BCUT2D eigenvalue weighted by Crippen LogP contribution is -2.44. The van der Waals surface area contributed by atoms with Crippen LogP contribution in [0.1, 0.15) is 59.3 Å². The minimum absolute atomic E-state index is 0.106. The summed E-state index contributed by atoms with van der Waals surface area (Å²) in [5, 5.41) is 15.1. The molecule has 2 aromatic carbocycles. The fraction of sp³-hybridized carbons (Fsp3) is 0.321. The number of nitrogens with zero attached hydrogens (tertiary/aromatic N) is 2. The molecule has 1 atom stereocenters. The third kappa shape index (κ3) is 4.88. The fourth-order valence-corrected chi connectivity index (χ4v) is 5.73. The summed E-state index contributed by atoms with van der Waals surface area (Å²) in [4.78, 5) is 31.6. The van der Waals surface area contributed by atoms with Gasteiger partial charge in [0.1, 0.15) is 5.69 Å². The van der Waals surface area contributed by atoms with Gasteiger partial charge < -0.3 is 15.3 Å². The molecular weight excluding hydrogens is 535 g/mol. The number of hydrogen-bond donors (Lipinski definition) is 2. The number of alkyl halides is 2. The smallest absolute Gasteiger partial charge is 0.281 e. The number of rotatable bonds is 6. The average molecular weight is 560 g/mol. The van der Waals surface area contributed by atoms with Crippen molar-refractivity contribution in [3.63, 3.8) is 0 Å². The summed E-state index contributed by atoms with van der Waals surface area (Å²) in [6, 6.07) is 14.9. The molecule has 0 saturated heterocycles. The van der Waals surface area contributed by atoms with Gasteiger partial charge in [0.25, 0.3) is 18.2 Å². The molecule has 10 heteroatoms. The van der Waals surface area contributed by atoms with Gasteiger partial charge in [0, 0.05) is 29.4 Å². The molecule has 1 saturated carbocycles. The van der Waals surface area contributed by atoms with Gasteiger partial charge >= 0.3 is 0 Å². The van der Waals surface area contributed by atoms with Gasteiger partial charge in [-0.25, -0.2) is 8.78 Å². The third-order valence-electron chi connectivity index (χ3n) is 7.35. The van der Waals surface area contributed by atoms with Gasteiger partial charge in [0.15, 0.2) is 5.60 Å². The Hall–Kier alpha value is -3.07. The molecule has 2 N–H and O–H groups in total. The number of amides is 2. The zero-order valence-corrected chi connectivity index (χ0v) is 21.7. The Morgan fingerprint density at radius 2 is 1.79 bits per heavy atom. The zero-order valence-electron chi connectivity index (χ0n) is 20.2.